The fraction of sp³-hybridized carbons (Fsp3) is 0.582. The second-order valence-electron chi connectivity index (χ2n) is 19.1. The average molecular weight is 942 g/mol. The molecule has 2 N–H and O–H groups in total. The van der Waals surface area contributed by atoms with Gasteiger partial charge >= 0.3 is 6.09 Å². The number of nitrogens with one attached hydrogen (secondary N) is 2. The molecule has 0 radical (unpaired) electrons. The van der Waals surface area contributed by atoms with Gasteiger partial charge in [0.2, 0.25) is 11.8 Å². The minimum atomic E-state index is -0.434. The maximum Gasteiger partial charge on any atom is 0.407 e. The summed E-state index contributed by atoms with van der Waals surface area (Å²) in [5.74, 6) is -0.241. The van der Waals surface area contributed by atoms with Crippen molar-refractivity contribution in [2.45, 2.75) is 123 Å². The minimum absolute atomic E-state index is 0.0673. The number of carbonyl (C=O) groups excluding carboxylic acids is 3. The van der Waals surface area contributed by atoms with E-state index in [1.807, 2.05) is 11.0 Å². The van der Waals surface area contributed by atoms with E-state index in [1.165, 1.54) is 22.3 Å². The van der Waals surface area contributed by atoms with Gasteiger partial charge in [-0.2, -0.15) is 0 Å². The molecule has 1 aliphatic heterocycles. The Morgan fingerprint density at radius 3 is 2.16 bits per heavy atom. The first-order valence-electron chi connectivity index (χ1n) is 24.9. The largest absolute Gasteiger partial charge is 0.446 e. The smallest absolute Gasteiger partial charge is 0.407 e. The number of ether oxygens (including phenoxy) is 6. The number of rotatable bonds is 26. The van der Waals surface area contributed by atoms with Crippen molar-refractivity contribution in [3.63, 3.8) is 0 Å². The Kier molecular flexibility index (Phi) is 20.4. The summed E-state index contributed by atoms with van der Waals surface area (Å²) in [7, 11) is 3.31. The molecule has 6 rings (SSSR count). The van der Waals surface area contributed by atoms with Crippen LogP contribution in [-0.4, -0.2) is 109 Å². The number of carbonyl (C=O) groups is 3. The van der Waals surface area contributed by atoms with Crippen molar-refractivity contribution in [1.82, 2.24) is 15.5 Å². The van der Waals surface area contributed by atoms with Gasteiger partial charge in [0.25, 0.3) is 0 Å². The molecular formula is C55H76FN3O9. The monoisotopic (exact) mass is 942 g/mol. The summed E-state index contributed by atoms with van der Waals surface area (Å²) in [4.78, 5) is 41.5. The molecule has 1 heterocycles. The molecule has 0 fully saturated rings. The predicted octanol–water partition coefficient (Wildman–Crippen LogP) is 9.44. The summed E-state index contributed by atoms with van der Waals surface area (Å²) in [6.45, 7) is 13.8. The van der Waals surface area contributed by atoms with Crippen LogP contribution in [0.25, 0.3) is 22.3 Å². The number of methoxy groups -OCH3 is 2. The highest BCUT2D eigenvalue weighted by Crippen LogP contribution is 2.54. The summed E-state index contributed by atoms with van der Waals surface area (Å²) in [6, 6.07) is 12.5. The van der Waals surface area contributed by atoms with Gasteiger partial charge in [0.05, 0.1) is 39.6 Å². The van der Waals surface area contributed by atoms with Crippen LogP contribution in [0.15, 0.2) is 48.6 Å². The standard InChI is InChI=1S/C55H76FN3O9/c1-38-29-43-36-59(51(61)32-40(16-21-66-27-25-63-5)17-22-67-28-26-64-6)37-44-33-42(34-48-53(44)52(43)47(30-38)55(48,3)4)46-35-49(56)39(2)31-41(46)13-12-19-57-50(60)18-23-65-24-20-58-54(62)68-45-14-10-8-7-9-11-15-45/h7-8,29-31,33-35,40,45H,9-28,32,36-37H2,1-6H3,(H,57,60)(H,58,62)/b8-7+. The van der Waals surface area contributed by atoms with Crippen LogP contribution in [0.2, 0.25) is 0 Å². The lowest BCUT2D eigenvalue weighted by molar-refractivity contribution is -0.133. The number of hydrogen-bond acceptors (Lipinski definition) is 9. The van der Waals surface area contributed by atoms with Crippen LogP contribution in [0.3, 0.4) is 0 Å². The zero-order valence-corrected chi connectivity index (χ0v) is 41.5. The zero-order valence-electron chi connectivity index (χ0n) is 41.5. The highest BCUT2D eigenvalue weighted by atomic mass is 19.1. The summed E-state index contributed by atoms with van der Waals surface area (Å²) in [5.41, 5.74) is 11.2. The third-order valence-corrected chi connectivity index (χ3v) is 13.5. The molecule has 0 saturated heterocycles. The molecule has 13 heteroatoms. The number of aryl methyl sites for hydroxylation is 3. The van der Waals surface area contributed by atoms with Gasteiger partial charge in [-0.3, -0.25) is 9.59 Å². The number of allylic oxidation sites excluding steroid dienone is 2. The Bertz CT molecular complexity index is 2180. The highest BCUT2D eigenvalue weighted by Gasteiger charge is 2.41. The number of nitrogens with zero attached hydrogens (tertiary/aromatic N) is 1. The molecule has 0 saturated carbocycles. The van der Waals surface area contributed by atoms with Crippen LogP contribution >= 0.6 is 0 Å². The van der Waals surface area contributed by atoms with Crippen LogP contribution in [0.1, 0.15) is 117 Å². The van der Waals surface area contributed by atoms with Crippen molar-refractivity contribution in [2.75, 3.05) is 80.2 Å². The van der Waals surface area contributed by atoms with E-state index in [2.05, 4.69) is 67.8 Å². The van der Waals surface area contributed by atoms with Crippen molar-refractivity contribution in [3.05, 3.63) is 93.3 Å². The van der Waals surface area contributed by atoms with E-state index in [9.17, 15) is 14.4 Å². The average Bonchev–Trinajstić information content (AvgIpc) is 3.40. The SMILES string of the molecule is COCCOCCC(CCOCCOC)CC(=O)N1Cc2cc(C)cc3c2-c2c(cc(-c4cc(F)c(C)cc4CCCNC(=O)CCOCCNC(=O)OC4CC/C=C/CCC4)cc2C3(C)C)C1. The summed E-state index contributed by atoms with van der Waals surface area (Å²) < 4.78 is 48.8. The second-order valence-corrected chi connectivity index (χ2v) is 19.1. The van der Waals surface area contributed by atoms with Crippen LogP contribution in [-0.2, 0) is 62.9 Å². The number of alkyl carbamates (subject to hydrolysis) is 1. The lowest BCUT2D eigenvalue weighted by Crippen LogP contribution is -2.32. The first-order chi connectivity index (χ1) is 32.9. The molecule has 3 amide bonds. The summed E-state index contributed by atoms with van der Waals surface area (Å²) >= 11 is 0. The molecule has 3 aromatic rings. The Labute approximate surface area is 404 Å². The minimum Gasteiger partial charge on any atom is -0.446 e. The molecule has 12 nitrogen and oxygen atoms in total. The van der Waals surface area contributed by atoms with E-state index in [0.717, 1.165) is 78.3 Å². The third kappa shape index (κ3) is 14.7. The molecule has 3 aliphatic rings. The van der Waals surface area contributed by atoms with Gasteiger partial charge in [0.1, 0.15) is 11.9 Å². The predicted molar refractivity (Wildman–Crippen MR) is 263 cm³/mol. The molecule has 1 atom stereocenters. The van der Waals surface area contributed by atoms with E-state index in [1.54, 1.807) is 27.2 Å². The summed E-state index contributed by atoms with van der Waals surface area (Å²) in [5, 5.41) is 5.76. The molecule has 372 valence electrons. The highest BCUT2D eigenvalue weighted by molar-refractivity contribution is 5.90. The quantitative estimate of drug-likeness (QED) is 0.0597. The van der Waals surface area contributed by atoms with Gasteiger partial charge in [0, 0.05) is 71.9 Å². The van der Waals surface area contributed by atoms with Gasteiger partial charge in [-0.25, -0.2) is 9.18 Å². The zero-order chi connectivity index (χ0) is 48.5. The van der Waals surface area contributed by atoms with E-state index in [-0.39, 0.29) is 54.7 Å². The van der Waals surface area contributed by atoms with Gasteiger partial charge < -0.3 is 44.0 Å². The maximum absolute atomic E-state index is 15.6. The van der Waals surface area contributed by atoms with Crippen LogP contribution in [0.5, 0.6) is 0 Å². The lowest BCUT2D eigenvalue weighted by atomic mass is 9.80. The number of hydrogen-bond donors (Lipinski definition) is 2. The molecular weight excluding hydrogens is 866 g/mol. The topological polar surface area (TPSA) is 134 Å². The first-order valence-corrected chi connectivity index (χ1v) is 24.9. The Morgan fingerprint density at radius 2 is 1.44 bits per heavy atom. The fourth-order valence-corrected chi connectivity index (χ4v) is 9.79. The van der Waals surface area contributed by atoms with Crippen molar-refractivity contribution in [1.29, 1.82) is 0 Å². The Balaban J connectivity index is 1.10. The second kappa shape index (κ2) is 26.4. The van der Waals surface area contributed by atoms with Crippen molar-refractivity contribution in [2.24, 2.45) is 5.92 Å². The van der Waals surface area contributed by atoms with Crippen LogP contribution in [0, 0.1) is 25.6 Å². The van der Waals surface area contributed by atoms with Gasteiger partial charge in [-0.1, -0.05) is 49.8 Å². The van der Waals surface area contributed by atoms with Crippen LogP contribution < -0.4 is 10.6 Å². The van der Waals surface area contributed by atoms with Crippen LogP contribution in [0.4, 0.5) is 9.18 Å². The molecule has 3 aromatic carbocycles. The third-order valence-electron chi connectivity index (χ3n) is 13.5. The van der Waals surface area contributed by atoms with E-state index >= 15 is 4.39 Å². The van der Waals surface area contributed by atoms with E-state index < -0.39 is 6.09 Å². The number of halogens is 1. The molecule has 0 spiro atoms. The lowest BCUT2D eigenvalue weighted by Gasteiger charge is -2.28. The normalized spacial score (nSPS) is 16.5. The van der Waals surface area contributed by atoms with Gasteiger partial charge in [0.15, 0.2) is 0 Å². The summed E-state index contributed by atoms with van der Waals surface area (Å²) in [6.07, 6.45) is 11.8. The molecule has 0 bridgehead atoms. The van der Waals surface area contributed by atoms with Gasteiger partial charge in [-0.05, 0) is 151 Å². The number of benzene rings is 3. The van der Waals surface area contributed by atoms with Crippen molar-refractivity contribution >= 4 is 17.9 Å². The van der Waals surface area contributed by atoms with E-state index in [4.69, 9.17) is 28.4 Å². The fourth-order valence-electron chi connectivity index (χ4n) is 9.79. The Hall–Kier alpha value is -4.66. The van der Waals surface area contributed by atoms with E-state index in [0.29, 0.717) is 90.6 Å². The molecule has 0 aromatic heterocycles. The maximum atomic E-state index is 15.6. The Morgan fingerprint density at radius 1 is 0.765 bits per heavy atom. The van der Waals surface area contributed by atoms with Crippen molar-refractivity contribution in [3.8, 4) is 22.3 Å². The molecule has 1 unspecified atom stereocenters. The number of amides is 3. The van der Waals surface area contributed by atoms with Gasteiger partial charge in [-0.15, -0.1) is 0 Å². The molecule has 2 aliphatic carbocycles. The molecule has 68 heavy (non-hydrogen) atoms. The van der Waals surface area contributed by atoms with Crippen molar-refractivity contribution < 1.29 is 47.2 Å². The first kappa shape index (κ1) is 52.7.